The van der Waals surface area contributed by atoms with Crippen molar-refractivity contribution in [2.45, 2.75) is 20.0 Å². The number of aliphatic imine (C=N–C) groups is 1. The Morgan fingerprint density at radius 2 is 1.67 bits per heavy atom. The fourth-order valence-electron chi connectivity index (χ4n) is 3.06. The van der Waals surface area contributed by atoms with Gasteiger partial charge >= 0.3 is 0 Å². The number of nitrogens with zero attached hydrogens (tertiary/aromatic N) is 3. The van der Waals surface area contributed by atoms with Crippen LogP contribution in [0.4, 0.5) is 11.4 Å². The van der Waals surface area contributed by atoms with Gasteiger partial charge in [0.2, 0.25) is 0 Å². The number of nitrogens with one attached hydrogen (secondary N) is 1. The third kappa shape index (κ3) is 3.19. The number of amidine groups is 1. The lowest BCUT2D eigenvalue weighted by molar-refractivity contribution is 0.665. The average Bonchev–Trinajstić information content (AvgIpc) is 2.63. The lowest BCUT2D eigenvalue weighted by Gasteiger charge is -2.36. The van der Waals surface area contributed by atoms with E-state index >= 15 is 0 Å². The predicted molar refractivity (Wildman–Crippen MR) is 102 cm³/mol. The van der Waals surface area contributed by atoms with E-state index in [1.807, 2.05) is 19.2 Å². The summed E-state index contributed by atoms with van der Waals surface area (Å²) in [4.78, 5) is 9.32. The van der Waals surface area contributed by atoms with Gasteiger partial charge in [-0.25, -0.2) is 4.99 Å². The van der Waals surface area contributed by atoms with Crippen LogP contribution in [0.15, 0.2) is 77.6 Å². The molecule has 124 valence electrons. The minimum absolute atomic E-state index is 0.0673. The Hall–Kier alpha value is -2.59. The molecular formula is C20H24N4. The van der Waals surface area contributed by atoms with Gasteiger partial charge in [-0.1, -0.05) is 36.4 Å². The second kappa shape index (κ2) is 7.32. The second-order valence-corrected chi connectivity index (χ2v) is 5.70. The van der Waals surface area contributed by atoms with Crippen molar-refractivity contribution in [3.8, 4) is 0 Å². The third-order valence-corrected chi connectivity index (χ3v) is 4.20. The first-order valence-electron chi connectivity index (χ1n) is 8.36. The fourth-order valence-corrected chi connectivity index (χ4v) is 3.06. The first-order valence-corrected chi connectivity index (χ1v) is 8.36. The maximum Gasteiger partial charge on any atom is 0.134 e. The minimum Gasteiger partial charge on any atom is -0.327 e. The van der Waals surface area contributed by atoms with E-state index in [0.717, 1.165) is 29.6 Å². The molecule has 0 spiro atoms. The van der Waals surface area contributed by atoms with Gasteiger partial charge in [0.05, 0.1) is 0 Å². The topological polar surface area (TPSA) is 30.9 Å². The number of rotatable bonds is 5. The van der Waals surface area contributed by atoms with Crippen molar-refractivity contribution in [3.63, 3.8) is 0 Å². The van der Waals surface area contributed by atoms with Crippen LogP contribution in [-0.4, -0.2) is 25.6 Å². The molecule has 0 bridgehead atoms. The van der Waals surface area contributed by atoms with Crippen molar-refractivity contribution in [3.05, 3.63) is 72.6 Å². The summed E-state index contributed by atoms with van der Waals surface area (Å²) >= 11 is 0. The Kier molecular flexibility index (Phi) is 4.96. The molecule has 0 saturated carbocycles. The van der Waals surface area contributed by atoms with Crippen LogP contribution in [0.3, 0.4) is 0 Å². The molecule has 1 atom stereocenters. The molecule has 0 aromatic heterocycles. The highest BCUT2D eigenvalue weighted by atomic mass is 15.3. The molecule has 4 heteroatoms. The van der Waals surface area contributed by atoms with Gasteiger partial charge in [-0.2, -0.15) is 0 Å². The number of anilines is 2. The zero-order valence-corrected chi connectivity index (χ0v) is 14.5. The van der Waals surface area contributed by atoms with Crippen molar-refractivity contribution in [1.82, 2.24) is 5.32 Å². The molecule has 4 nitrogen and oxygen atoms in total. The Morgan fingerprint density at radius 3 is 2.25 bits per heavy atom. The molecule has 0 fully saturated rings. The third-order valence-electron chi connectivity index (χ3n) is 4.20. The van der Waals surface area contributed by atoms with E-state index in [0.29, 0.717) is 0 Å². The van der Waals surface area contributed by atoms with Crippen LogP contribution >= 0.6 is 0 Å². The summed E-state index contributed by atoms with van der Waals surface area (Å²) in [6.07, 6.45) is 2.24. The number of benzene rings is 2. The van der Waals surface area contributed by atoms with E-state index < -0.39 is 0 Å². The summed E-state index contributed by atoms with van der Waals surface area (Å²) in [5.41, 5.74) is 2.29. The lowest BCUT2D eigenvalue weighted by atomic mass is 10.2. The predicted octanol–water partition coefficient (Wildman–Crippen LogP) is 3.84. The van der Waals surface area contributed by atoms with Crippen LogP contribution in [0.1, 0.15) is 13.8 Å². The van der Waals surface area contributed by atoms with E-state index in [1.165, 1.54) is 0 Å². The molecule has 2 aromatic rings. The average molecular weight is 320 g/mol. The van der Waals surface area contributed by atoms with Gasteiger partial charge in [-0.15, -0.1) is 0 Å². The molecule has 1 aliphatic heterocycles. The highest BCUT2D eigenvalue weighted by Crippen LogP contribution is 2.26. The largest absolute Gasteiger partial charge is 0.327 e. The van der Waals surface area contributed by atoms with Gasteiger partial charge in [0.25, 0.3) is 0 Å². The zero-order chi connectivity index (χ0) is 16.9. The Balaban J connectivity index is 1.96. The molecule has 3 rings (SSSR count). The highest BCUT2D eigenvalue weighted by Gasteiger charge is 2.25. The first-order chi connectivity index (χ1) is 11.7. The maximum atomic E-state index is 4.88. The monoisotopic (exact) mass is 320 g/mol. The highest BCUT2D eigenvalue weighted by molar-refractivity contribution is 5.98. The number of para-hydroxylation sites is 2. The lowest BCUT2D eigenvalue weighted by Crippen LogP contribution is -2.49. The number of hydrogen-bond donors (Lipinski definition) is 1. The maximum absolute atomic E-state index is 4.88. The molecule has 1 aliphatic rings. The SMILES string of the molecule is CCN(C1=CC(NC)N(c2ccccc2)C(C)=N1)c1ccccc1. The van der Waals surface area contributed by atoms with Crippen molar-refractivity contribution in [2.24, 2.45) is 4.99 Å². The summed E-state index contributed by atoms with van der Waals surface area (Å²) in [6.45, 7) is 5.08. The van der Waals surface area contributed by atoms with Crippen molar-refractivity contribution in [2.75, 3.05) is 23.4 Å². The minimum atomic E-state index is 0.0673. The molecule has 1 unspecified atom stereocenters. The Bertz CT molecular complexity index is 722. The Morgan fingerprint density at radius 1 is 1.04 bits per heavy atom. The fraction of sp³-hybridized carbons (Fsp3) is 0.250. The molecule has 0 radical (unpaired) electrons. The summed E-state index contributed by atoms with van der Waals surface area (Å²) in [5.74, 6) is 1.96. The zero-order valence-electron chi connectivity index (χ0n) is 14.5. The van der Waals surface area contributed by atoms with E-state index in [9.17, 15) is 0 Å². The van der Waals surface area contributed by atoms with Crippen LogP contribution in [0, 0.1) is 0 Å². The van der Waals surface area contributed by atoms with Crippen molar-refractivity contribution >= 4 is 17.2 Å². The summed E-state index contributed by atoms with van der Waals surface area (Å²) < 4.78 is 0. The van der Waals surface area contributed by atoms with E-state index in [4.69, 9.17) is 4.99 Å². The standard InChI is InChI=1S/C20H24N4/c1-4-23(17-11-7-5-8-12-17)20-15-19(21-3)24(16(2)22-20)18-13-9-6-10-14-18/h5-15,19,21H,4H2,1-3H3. The van der Waals surface area contributed by atoms with Crippen LogP contribution in [0.25, 0.3) is 0 Å². The molecule has 0 amide bonds. The van der Waals surface area contributed by atoms with E-state index in [-0.39, 0.29) is 6.17 Å². The number of likely N-dealkylation sites (N-methyl/N-ethyl adjacent to an activating group) is 1. The first kappa shape index (κ1) is 16.3. The van der Waals surface area contributed by atoms with Crippen molar-refractivity contribution < 1.29 is 0 Å². The molecule has 2 aromatic carbocycles. The summed E-state index contributed by atoms with van der Waals surface area (Å²) in [5, 5.41) is 3.39. The van der Waals surface area contributed by atoms with Crippen molar-refractivity contribution in [1.29, 1.82) is 0 Å². The molecular weight excluding hydrogens is 296 g/mol. The van der Waals surface area contributed by atoms with Crippen LogP contribution in [0.5, 0.6) is 0 Å². The molecule has 1 N–H and O–H groups in total. The van der Waals surface area contributed by atoms with Gasteiger partial charge in [-0.05, 0) is 51.2 Å². The quantitative estimate of drug-likeness (QED) is 0.908. The smallest absolute Gasteiger partial charge is 0.134 e. The summed E-state index contributed by atoms with van der Waals surface area (Å²) in [6, 6.07) is 20.7. The second-order valence-electron chi connectivity index (χ2n) is 5.70. The molecule has 24 heavy (non-hydrogen) atoms. The summed E-state index contributed by atoms with van der Waals surface area (Å²) in [7, 11) is 1.98. The normalized spacial score (nSPS) is 17.3. The van der Waals surface area contributed by atoms with Crippen LogP contribution in [-0.2, 0) is 0 Å². The van der Waals surface area contributed by atoms with Gasteiger partial charge in [0.1, 0.15) is 17.8 Å². The van der Waals surface area contributed by atoms with E-state index in [1.54, 1.807) is 0 Å². The van der Waals surface area contributed by atoms with Gasteiger partial charge < -0.3 is 9.80 Å². The molecule has 0 saturated heterocycles. The van der Waals surface area contributed by atoms with Crippen LogP contribution in [0.2, 0.25) is 0 Å². The Labute approximate surface area is 144 Å². The van der Waals surface area contributed by atoms with Gasteiger partial charge in [0.15, 0.2) is 0 Å². The number of hydrogen-bond acceptors (Lipinski definition) is 4. The molecule has 0 aliphatic carbocycles. The van der Waals surface area contributed by atoms with Gasteiger partial charge in [-0.3, -0.25) is 5.32 Å². The van der Waals surface area contributed by atoms with Crippen LogP contribution < -0.4 is 15.1 Å². The van der Waals surface area contributed by atoms with E-state index in [2.05, 4.69) is 83.6 Å². The van der Waals surface area contributed by atoms with Gasteiger partial charge in [0, 0.05) is 17.9 Å². The molecule has 1 heterocycles.